The van der Waals surface area contributed by atoms with Crippen molar-refractivity contribution in [1.29, 1.82) is 0 Å². The van der Waals surface area contributed by atoms with Crippen LogP contribution in [0.5, 0.6) is 0 Å². The first-order valence-corrected chi connectivity index (χ1v) is 11.5. The maximum atomic E-state index is 12.5. The van der Waals surface area contributed by atoms with Crippen molar-refractivity contribution in [1.82, 2.24) is 5.32 Å². The predicted molar refractivity (Wildman–Crippen MR) is 128 cm³/mol. The number of halogens is 2. The Bertz CT molecular complexity index is 1030. The molecule has 0 saturated carbocycles. The second-order valence-corrected chi connectivity index (χ2v) is 10.8. The number of hydrogen-bond acceptors (Lipinski definition) is 4. The smallest absolute Gasteiger partial charge is 0.258 e. The standard InChI is InChI=1S/C21H23Cl2N3O2S2/c1-21(2,3)10-4-6-13-15(8-10)30-19(16(13)17(24)27)26-20(29)25-18(28)12-7-5-11(22)9-14(12)23/h5,7,9-10H,4,6,8H2,1-3H3,(H2,24,27)(H2,25,26,28,29)/t10-/m0/s1. The highest BCUT2D eigenvalue weighted by Crippen LogP contribution is 2.44. The highest BCUT2D eigenvalue weighted by Gasteiger charge is 2.33. The number of carbonyl (C=O) groups excluding carboxylic acids is 2. The van der Waals surface area contributed by atoms with Gasteiger partial charge in [-0.25, -0.2) is 0 Å². The van der Waals surface area contributed by atoms with Gasteiger partial charge in [-0.1, -0.05) is 44.0 Å². The van der Waals surface area contributed by atoms with Crippen molar-refractivity contribution in [2.75, 3.05) is 5.32 Å². The van der Waals surface area contributed by atoms with Crippen LogP contribution in [0.1, 0.15) is 58.3 Å². The number of fused-ring (bicyclic) bond motifs is 1. The van der Waals surface area contributed by atoms with Crippen molar-refractivity contribution < 1.29 is 9.59 Å². The Morgan fingerprint density at radius 3 is 2.57 bits per heavy atom. The third-order valence-electron chi connectivity index (χ3n) is 5.37. The van der Waals surface area contributed by atoms with Crippen molar-refractivity contribution in [3.63, 3.8) is 0 Å². The van der Waals surface area contributed by atoms with Gasteiger partial charge in [-0.15, -0.1) is 11.3 Å². The molecule has 0 radical (unpaired) electrons. The number of rotatable bonds is 3. The first kappa shape index (κ1) is 23.0. The average Bonchev–Trinajstić information content (AvgIpc) is 2.97. The SMILES string of the molecule is CC(C)(C)[C@H]1CCc2c(sc(NC(=S)NC(=O)c3ccc(Cl)cc3Cl)c2C(N)=O)C1. The number of amides is 2. The van der Waals surface area contributed by atoms with Gasteiger partial charge in [0.25, 0.3) is 11.8 Å². The second kappa shape index (κ2) is 8.83. The summed E-state index contributed by atoms with van der Waals surface area (Å²) in [5.41, 5.74) is 7.56. The fourth-order valence-corrected chi connectivity index (χ4v) is 5.74. The molecule has 1 aromatic carbocycles. The number of nitrogens with two attached hydrogens (primary N) is 1. The van der Waals surface area contributed by atoms with E-state index in [2.05, 4.69) is 31.4 Å². The number of carbonyl (C=O) groups is 2. The van der Waals surface area contributed by atoms with Gasteiger partial charge < -0.3 is 11.1 Å². The molecule has 0 fully saturated rings. The molecule has 1 aliphatic rings. The minimum atomic E-state index is -0.501. The van der Waals surface area contributed by atoms with Crippen LogP contribution in [-0.4, -0.2) is 16.9 Å². The Hall–Kier alpha value is -1.67. The second-order valence-electron chi connectivity index (χ2n) is 8.41. The summed E-state index contributed by atoms with van der Waals surface area (Å²) in [6.45, 7) is 6.70. The molecule has 1 heterocycles. The van der Waals surface area contributed by atoms with Gasteiger partial charge in [-0.05, 0) is 66.6 Å². The van der Waals surface area contributed by atoms with Crippen LogP contribution < -0.4 is 16.4 Å². The molecule has 0 saturated heterocycles. The molecule has 0 spiro atoms. The topological polar surface area (TPSA) is 84.2 Å². The molecule has 9 heteroatoms. The van der Waals surface area contributed by atoms with Crippen molar-refractivity contribution in [2.24, 2.45) is 17.1 Å². The quantitative estimate of drug-likeness (QED) is 0.507. The van der Waals surface area contributed by atoms with E-state index in [1.165, 1.54) is 23.5 Å². The maximum Gasteiger partial charge on any atom is 0.258 e. The molecule has 30 heavy (non-hydrogen) atoms. The van der Waals surface area contributed by atoms with Gasteiger partial charge in [0.1, 0.15) is 5.00 Å². The molecule has 160 valence electrons. The number of thiocarbonyl (C=S) groups is 1. The first-order chi connectivity index (χ1) is 14.0. The van der Waals surface area contributed by atoms with Gasteiger partial charge >= 0.3 is 0 Å². The number of nitrogens with one attached hydrogen (secondary N) is 2. The third kappa shape index (κ3) is 4.97. The van der Waals surface area contributed by atoms with E-state index < -0.39 is 11.8 Å². The molecular weight excluding hydrogens is 461 g/mol. The molecule has 4 N–H and O–H groups in total. The van der Waals surface area contributed by atoms with Crippen LogP contribution in [0, 0.1) is 11.3 Å². The van der Waals surface area contributed by atoms with E-state index in [0.717, 1.165) is 29.7 Å². The van der Waals surface area contributed by atoms with E-state index >= 15 is 0 Å². The number of anilines is 1. The third-order valence-corrected chi connectivity index (χ3v) is 7.29. The lowest BCUT2D eigenvalue weighted by molar-refractivity contribution is 0.0975. The summed E-state index contributed by atoms with van der Waals surface area (Å²) in [5, 5.41) is 6.86. The normalized spacial score (nSPS) is 16.0. The van der Waals surface area contributed by atoms with Crippen LogP contribution in [-0.2, 0) is 12.8 Å². The molecule has 0 bridgehead atoms. The van der Waals surface area contributed by atoms with Crippen LogP contribution in [0.25, 0.3) is 0 Å². The molecule has 1 aliphatic carbocycles. The monoisotopic (exact) mass is 483 g/mol. The molecule has 0 aliphatic heterocycles. The minimum absolute atomic E-state index is 0.0690. The van der Waals surface area contributed by atoms with E-state index in [0.29, 0.717) is 21.5 Å². The Balaban J connectivity index is 1.79. The maximum absolute atomic E-state index is 12.5. The summed E-state index contributed by atoms with van der Waals surface area (Å²) in [5.74, 6) is -0.445. The minimum Gasteiger partial charge on any atom is -0.365 e. The Morgan fingerprint density at radius 1 is 1.27 bits per heavy atom. The summed E-state index contributed by atoms with van der Waals surface area (Å²) in [6.07, 6.45) is 2.70. The first-order valence-electron chi connectivity index (χ1n) is 9.49. The van der Waals surface area contributed by atoms with Crippen LogP contribution >= 0.6 is 46.8 Å². The van der Waals surface area contributed by atoms with Gasteiger partial charge in [-0.3, -0.25) is 14.9 Å². The fourth-order valence-electron chi connectivity index (χ4n) is 3.65. The van der Waals surface area contributed by atoms with Crippen LogP contribution in [0.2, 0.25) is 10.0 Å². The lowest BCUT2D eigenvalue weighted by atomic mass is 9.72. The van der Waals surface area contributed by atoms with Gasteiger partial charge in [0.2, 0.25) is 0 Å². The molecule has 1 atom stereocenters. The predicted octanol–water partition coefficient (Wildman–Crippen LogP) is 5.43. The Kier molecular flexibility index (Phi) is 6.77. The van der Waals surface area contributed by atoms with E-state index in [1.807, 2.05) is 0 Å². The van der Waals surface area contributed by atoms with Crippen molar-refractivity contribution >= 4 is 68.7 Å². The summed E-state index contributed by atoms with van der Waals surface area (Å²) in [6, 6.07) is 4.58. The van der Waals surface area contributed by atoms with Gasteiger partial charge in [0.15, 0.2) is 5.11 Å². The van der Waals surface area contributed by atoms with Gasteiger partial charge in [0, 0.05) is 9.90 Å². The molecule has 3 rings (SSSR count). The fraction of sp³-hybridized carbons (Fsp3) is 0.381. The summed E-state index contributed by atoms with van der Waals surface area (Å²) in [4.78, 5) is 25.8. The highest BCUT2D eigenvalue weighted by molar-refractivity contribution is 7.80. The van der Waals surface area contributed by atoms with Crippen LogP contribution in [0.4, 0.5) is 5.00 Å². The zero-order chi connectivity index (χ0) is 22.2. The molecular formula is C21H23Cl2N3O2S2. The number of thiophene rings is 1. The average molecular weight is 484 g/mol. The lowest BCUT2D eigenvalue weighted by Crippen LogP contribution is -2.34. The number of benzene rings is 1. The largest absolute Gasteiger partial charge is 0.365 e. The molecule has 2 aromatic rings. The summed E-state index contributed by atoms with van der Waals surface area (Å²) < 4.78 is 0. The van der Waals surface area contributed by atoms with Crippen LogP contribution in [0.15, 0.2) is 18.2 Å². The zero-order valence-corrected chi connectivity index (χ0v) is 20.0. The Labute approximate surface area is 195 Å². The lowest BCUT2D eigenvalue weighted by Gasteiger charge is -2.33. The highest BCUT2D eigenvalue weighted by atomic mass is 35.5. The van der Waals surface area contributed by atoms with Crippen molar-refractivity contribution in [2.45, 2.75) is 40.0 Å². The molecule has 2 amide bonds. The van der Waals surface area contributed by atoms with E-state index in [-0.39, 0.29) is 21.1 Å². The number of hydrogen-bond donors (Lipinski definition) is 3. The van der Waals surface area contributed by atoms with E-state index in [1.54, 1.807) is 6.07 Å². The van der Waals surface area contributed by atoms with Crippen molar-refractivity contribution in [3.05, 3.63) is 49.8 Å². The van der Waals surface area contributed by atoms with E-state index in [9.17, 15) is 9.59 Å². The Morgan fingerprint density at radius 2 is 1.97 bits per heavy atom. The molecule has 5 nitrogen and oxygen atoms in total. The summed E-state index contributed by atoms with van der Waals surface area (Å²) >= 11 is 18.7. The van der Waals surface area contributed by atoms with Crippen LogP contribution in [0.3, 0.4) is 0 Å². The summed E-state index contributed by atoms with van der Waals surface area (Å²) in [7, 11) is 0. The van der Waals surface area contributed by atoms with Gasteiger partial charge in [-0.2, -0.15) is 0 Å². The molecule has 0 unspecified atom stereocenters. The number of primary amides is 1. The zero-order valence-electron chi connectivity index (χ0n) is 16.9. The van der Waals surface area contributed by atoms with Gasteiger partial charge in [0.05, 0.1) is 16.1 Å². The van der Waals surface area contributed by atoms with E-state index in [4.69, 9.17) is 41.2 Å². The molecule has 1 aromatic heterocycles. The van der Waals surface area contributed by atoms with Crippen molar-refractivity contribution in [3.8, 4) is 0 Å².